The van der Waals surface area contributed by atoms with Gasteiger partial charge in [-0.3, -0.25) is 0 Å². The molecule has 1 aliphatic heterocycles. The summed E-state index contributed by atoms with van der Waals surface area (Å²) in [5, 5.41) is 27.0. The Hall–Kier alpha value is -0.160. The molecule has 0 radical (unpaired) electrons. The molecule has 0 bridgehead atoms. The predicted octanol–water partition coefficient (Wildman–Crippen LogP) is -1.51. The summed E-state index contributed by atoms with van der Waals surface area (Å²) < 4.78 is 4.91. The molecule has 0 amide bonds. The number of aliphatic hydroxyl groups excluding tert-OH is 3. The maximum atomic E-state index is 9.08. The monoisotopic (exact) mass is 148 g/mol. The minimum atomic E-state index is -1.07. The summed E-state index contributed by atoms with van der Waals surface area (Å²) in [5.41, 5.74) is 0. The minimum Gasteiger partial charge on any atom is -0.388 e. The van der Waals surface area contributed by atoms with E-state index in [2.05, 4.69) is 0 Å². The van der Waals surface area contributed by atoms with Crippen molar-refractivity contribution in [3.05, 3.63) is 0 Å². The van der Waals surface area contributed by atoms with Crippen molar-refractivity contribution in [2.24, 2.45) is 0 Å². The molecular weight excluding hydrogens is 136 g/mol. The van der Waals surface area contributed by atoms with Gasteiger partial charge in [0, 0.05) is 0 Å². The first-order valence-electron chi connectivity index (χ1n) is 3.28. The zero-order valence-corrected chi connectivity index (χ0v) is 5.77. The SMILES string of the molecule is C[C@@H]1OC[C@@H](O)[C@@H](O)[C@@H]1O. The molecule has 1 saturated heterocycles. The van der Waals surface area contributed by atoms with Crippen LogP contribution in [0.5, 0.6) is 0 Å². The molecule has 4 heteroatoms. The predicted molar refractivity (Wildman–Crippen MR) is 33.4 cm³/mol. The highest BCUT2D eigenvalue weighted by molar-refractivity contribution is 4.83. The quantitative estimate of drug-likeness (QED) is 0.390. The lowest BCUT2D eigenvalue weighted by Crippen LogP contribution is -2.51. The topological polar surface area (TPSA) is 69.9 Å². The molecule has 0 aromatic heterocycles. The highest BCUT2D eigenvalue weighted by atomic mass is 16.5. The van der Waals surface area contributed by atoms with Gasteiger partial charge in [-0.15, -0.1) is 0 Å². The number of hydrogen-bond donors (Lipinski definition) is 3. The smallest absolute Gasteiger partial charge is 0.110 e. The summed E-state index contributed by atoms with van der Waals surface area (Å²) in [6, 6.07) is 0. The van der Waals surface area contributed by atoms with Crippen LogP contribution in [0.1, 0.15) is 6.92 Å². The second-order valence-corrected chi connectivity index (χ2v) is 2.59. The van der Waals surface area contributed by atoms with Crippen LogP contribution < -0.4 is 0 Å². The third-order valence-corrected chi connectivity index (χ3v) is 1.75. The van der Waals surface area contributed by atoms with Crippen molar-refractivity contribution in [2.75, 3.05) is 6.61 Å². The van der Waals surface area contributed by atoms with Crippen molar-refractivity contribution >= 4 is 0 Å². The minimum absolute atomic E-state index is 0.0966. The van der Waals surface area contributed by atoms with Crippen LogP contribution in [0.15, 0.2) is 0 Å². The molecular formula is C6H12O4. The van der Waals surface area contributed by atoms with Gasteiger partial charge in [0.25, 0.3) is 0 Å². The van der Waals surface area contributed by atoms with E-state index in [-0.39, 0.29) is 6.61 Å². The van der Waals surface area contributed by atoms with Gasteiger partial charge in [0.1, 0.15) is 18.3 Å². The van der Waals surface area contributed by atoms with Gasteiger partial charge in [-0.25, -0.2) is 0 Å². The Morgan fingerprint density at radius 2 is 1.80 bits per heavy atom. The number of hydrogen-bond acceptors (Lipinski definition) is 4. The Morgan fingerprint density at radius 1 is 1.20 bits per heavy atom. The molecule has 0 spiro atoms. The molecule has 3 N–H and O–H groups in total. The van der Waals surface area contributed by atoms with E-state index >= 15 is 0 Å². The van der Waals surface area contributed by atoms with Crippen molar-refractivity contribution in [1.29, 1.82) is 0 Å². The van der Waals surface area contributed by atoms with Crippen molar-refractivity contribution in [2.45, 2.75) is 31.3 Å². The van der Waals surface area contributed by atoms with E-state index in [1.165, 1.54) is 0 Å². The van der Waals surface area contributed by atoms with Gasteiger partial charge in [-0.2, -0.15) is 0 Å². The van der Waals surface area contributed by atoms with Crippen molar-refractivity contribution in [1.82, 2.24) is 0 Å². The highest BCUT2D eigenvalue weighted by Gasteiger charge is 2.34. The van der Waals surface area contributed by atoms with Gasteiger partial charge in [0.15, 0.2) is 0 Å². The third-order valence-electron chi connectivity index (χ3n) is 1.75. The summed E-state index contributed by atoms with van der Waals surface area (Å²) in [5.74, 6) is 0. The highest BCUT2D eigenvalue weighted by Crippen LogP contribution is 2.14. The van der Waals surface area contributed by atoms with E-state index in [4.69, 9.17) is 20.1 Å². The molecule has 1 aliphatic rings. The van der Waals surface area contributed by atoms with E-state index in [0.717, 1.165) is 0 Å². The summed E-state index contributed by atoms with van der Waals surface area (Å²) in [4.78, 5) is 0. The Labute approximate surface area is 59.1 Å². The third kappa shape index (κ3) is 1.29. The molecule has 4 atom stereocenters. The van der Waals surface area contributed by atoms with Crippen LogP contribution in [0.25, 0.3) is 0 Å². The fourth-order valence-corrected chi connectivity index (χ4v) is 0.953. The van der Waals surface area contributed by atoms with E-state index in [9.17, 15) is 0 Å². The van der Waals surface area contributed by atoms with Crippen LogP contribution in [-0.2, 0) is 4.74 Å². The van der Waals surface area contributed by atoms with Crippen LogP contribution in [0.4, 0.5) is 0 Å². The fraction of sp³-hybridized carbons (Fsp3) is 1.00. The molecule has 10 heavy (non-hydrogen) atoms. The van der Waals surface area contributed by atoms with Gasteiger partial charge >= 0.3 is 0 Å². The maximum Gasteiger partial charge on any atom is 0.110 e. The van der Waals surface area contributed by atoms with Gasteiger partial charge in [0.05, 0.1) is 12.7 Å². The van der Waals surface area contributed by atoms with Gasteiger partial charge in [-0.1, -0.05) is 0 Å². The Bertz CT molecular complexity index is 102. The van der Waals surface area contributed by atoms with E-state index in [1.807, 2.05) is 0 Å². The molecule has 0 saturated carbocycles. The molecule has 1 rings (SSSR count). The Balaban J connectivity index is 2.52. The fourth-order valence-electron chi connectivity index (χ4n) is 0.953. The Morgan fingerprint density at radius 3 is 2.30 bits per heavy atom. The summed E-state index contributed by atoms with van der Waals surface area (Å²) in [6.45, 7) is 1.75. The first-order valence-corrected chi connectivity index (χ1v) is 3.28. The standard InChI is InChI=1S/C6H12O4/c1-3-5(8)6(9)4(7)2-10-3/h3-9H,2H2,1H3/t3-,4+,5+,6+/m0/s1. The molecule has 4 nitrogen and oxygen atoms in total. The normalized spacial score (nSPS) is 49.2. The lowest BCUT2D eigenvalue weighted by molar-refractivity contribution is -0.181. The van der Waals surface area contributed by atoms with Gasteiger partial charge < -0.3 is 20.1 Å². The second-order valence-electron chi connectivity index (χ2n) is 2.59. The van der Waals surface area contributed by atoms with Crippen molar-refractivity contribution < 1.29 is 20.1 Å². The number of ether oxygens (including phenoxy) is 1. The van der Waals surface area contributed by atoms with E-state index in [1.54, 1.807) is 6.92 Å². The average molecular weight is 148 g/mol. The zero-order valence-electron chi connectivity index (χ0n) is 5.77. The largest absolute Gasteiger partial charge is 0.388 e. The molecule has 60 valence electrons. The van der Waals surface area contributed by atoms with E-state index in [0.29, 0.717) is 0 Å². The van der Waals surface area contributed by atoms with Gasteiger partial charge in [-0.05, 0) is 6.92 Å². The average Bonchev–Trinajstić information content (AvgIpc) is 1.93. The van der Waals surface area contributed by atoms with Gasteiger partial charge in [0.2, 0.25) is 0 Å². The first-order chi connectivity index (χ1) is 4.63. The molecule has 1 fully saturated rings. The van der Waals surface area contributed by atoms with Crippen LogP contribution in [0.3, 0.4) is 0 Å². The molecule has 0 aromatic carbocycles. The van der Waals surface area contributed by atoms with Crippen LogP contribution in [0, 0.1) is 0 Å². The summed E-state index contributed by atoms with van der Waals surface area (Å²) in [6.07, 6.45) is -3.38. The summed E-state index contributed by atoms with van der Waals surface area (Å²) in [7, 11) is 0. The summed E-state index contributed by atoms with van der Waals surface area (Å²) >= 11 is 0. The zero-order chi connectivity index (χ0) is 7.72. The van der Waals surface area contributed by atoms with Crippen LogP contribution in [0.2, 0.25) is 0 Å². The lowest BCUT2D eigenvalue weighted by atomic mass is 10.0. The molecule has 1 heterocycles. The number of aliphatic hydroxyl groups is 3. The molecule has 0 unspecified atom stereocenters. The van der Waals surface area contributed by atoms with Crippen molar-refractivity contribution in [3.8, 4) is 0 Å². The molecule has 0 aromatic rings. The van der Waals surface area contributed by atoms with Crippen LogP contribution in [-0.4, -0.2) is 46.3 Å². The lowest BCUT2D eigenvalue weighted by Gasteiger charge is -2.33. The van der Waals surface area contributed by atoms with Crippen LogP contribution >= 0.6 is 0 Å². The second kappa shape index (κ2) is 2.84. The Kier molecular flexibility index (Phi) is 2.25. The van der Waals surface area contributed by atoms with Crippen molar-refractivity contribution in [3.63, 3.8) is 0 Å². The maximum absolute atomic E-state index is 9.08. The first kappa shape index (κ1) is 7.94. The molecule has 0 aliphatic carbocycles. The van der Waals surface area contributed by atoms with E-state index < -0.39 is 24.4 Å². The number of rotatable bonds is 0.